The van der Waals surface area contributed by atoms with Crippen LogP contribution >= 0.6 is 0 Å². The van der Waals surface area contributed by atoms with Crippen LogP contribution in [0.25, 0.3) is 28.4 Å². The predicted octanol–water partition coefficient (Wildman–Crippen LogP) is 0.578. The standard InChI is InChI=1S/C24H22N4O6/c25-9-20(29)26-12-33-7-3-5-13-14-4-1-2-6-18(14)27-21-16(13)10-28-19(21)8-15-17(23(28)31)11-34-24(32)22(15)30/h1-6,8,22,30H,7,9-12,25H2,(H,26,29)/b5-3+/t22-/m0/s1. The molecule has 0 unspecified atom stereocenters. The van der Waals surface area contributed by atoms with E-state index in [1.807, 2.05) is 36.4 Å². The quantitative estimate of drug-likeness (QED) is 0.214. The van der Waals surface area contributed by atoms with Gasteiger partial charge in [0.15, 0.2) is 6.10 Å². The van der Waals surface area contributed by atoms with Crippen LogP contribution in [0.4, 0.5) is 0 Å². The number of amides is 1. The fourth-order valence-electron chi connectivity index (χ4n) is 4.29. The molecule has 4 heterocycles. The van der Waals surface area contributed by atoms with Gasteiger partial charge in [-0.15, -0.1) is 0 Å². The van der Waals surface area contributed by atoms with E-state index in [4.69, 9.17) is 20.2 Å². The number of hydrogen-bond acceptors (Lipinski definition) is 8. The second-order valence-electron chi connectivity index (χ2n) is 7.96. The van der Waals surface area contributed by atoms with Gasteiger partial charge in [-0.25, -0.2) is 9.78 Å². The maximum Gasteiger partial charge on any atom is 0.340 e. The minimum atomic E-state index is -1.50. The lowest BCUT2D eigenvalue weighted by Gasteiger charge is -2.21. The highest BCUT2D eigenvalue weighted by Crippen LogP contribution is 2.38. The molecule has 0 radical (unpaired) electrons. The highest BCUT2D eigenvalue weighted by atomic mass is 16.5. The smallest absolute Gasteiger partial charge is 0.340 e. The Morgan fingerprint density at radius 1 is 1.32 bits per heavy atom. The third-order valence-corrected chi connectivity index (χ3v) is 5.96. The van der Waals surface area contributed by atoms with Gasteiger partial charge < -0.3 is 30.2 Å². The summed E-state index contributed by atoms with van der Waals surface area (Å²) in [6.45, 7) is 0.329. The molecular formula is C24H22N4O6. The molecule has 1 atom stereocenters. The van der Waals surface area contributed by atoms with Gasteiger partial charge in [0.1, 0.15) is 13.3 Å². The van der Waals surface area contributed by atoms with Crippen molar-refractivity contribution in [1.82, 2.24) is 14.9 Å². The van der Waals surface area contributed by atoms with Gasteiger partial charge in [0, 0.05) is 16.5 Å². The SMILES string of the molecule is NCC(=O)NCOC/C=C/c1c2c(nc3ccccc13)-c1cc3c(c(=O)n1C2)COC(=O)[C@H]3O. The molecule has 2 aliphatic heterocycles. The van der Waals surface area contributed by atoms with Crippen LogP contribution in [0, 0.1) is 0 Å². The number of fused-ring (bicyclic) bond motifs is 5. The van der Waals surface area contributed by atoms with Crippen LogP contribution in [0.3, 0.4) is 0 Å². The van der Waals surface area contributed by atoms with Gasteiger partial charge in [-0.2, -0.15) is 0 Å². The lowest BCUT2D eigenvalue weighted by Crippen LogP contribution is -2.32. The zero-order valence-electron chi connectivity index (χ0n) is 18.1. The van der Waals surface area contributed by atoms with Crippen molar-refractivity contribution in [2.75, 3.05) is 19.9 Å². The number of nitrogens with two attached hydrogens (primary N) is 1. The molecule has 10 heteroatoms. The molecule has 5 rings (SSSR count). The molecule has 0 spiro atoms. The summed E-state index contributed by atoms with van der Waals surface area (Å²) in [4.78, 5) is 41.0. The topological polar surface area (TPSA) is 146 Å². The van der Waals surface area contributed by atoms with E-state index in [0.717, 1.165) is 22.0 Å². The van der Waals surface area contributed by atoms with Crippen molar-refractivity contribution in [3.05, 3.63) is 69.0 Å². The Bertz CT molecular complexity index is 1410. The highest BCUT2D eigenvalue weighted by Gasteiger charge is 2.34. The highest BCUT2D eigenvalue weighted by molar-refractivity contribution is 5.93. The Morgan fingerprint density at radius 2 is 2.15 bits per heavy atom. The molecule has 0 fully saturated rings. The number of aliphatic hydroxyl groups excluding tert-OH is 1. The van der Waals surface area contributed by atoms with Gasteiger partial charge in [0.05, 0.1) is 42.2 Å². The summed E-state index contributed by atoms with van der Waals surface area (Å²) in [6, 6.07) is 9.30. The van der Waals surface area contributed by atoms with E-state index >= 15 is 0 Å². The van der Waals surface area contributed by atoms with Crippen molar-refractivity contribution in [3.63, 3.8) is 0 Å². The average molecular weight is 462 g/mol. The lowest BCUT2D eigenvalue weighted by atomic mass is 9.98. The number of aliphatic hydroxyl groups is 1. The first kappa shape index (κ1) is 22.0. The molecule has 2 aliphatic rings. The number of nitrogens with one attached hydrogen (secondary N) is 1. The van der Waals surface area contributed by atoms with Crippen LogP contribution < -0.4 is 16.6 Å². The zero-order valence-corrected chi connectivity index (χ0v) is 18.1. The number of carbonyl (C=O) groups is 2. The van der Waals surface area contributed by atoms with Crippen LogP contribution in [-0.4, -0.2) is 46.4 Å². The van der Waals surface area contributed by atoms with Gasteiger partial charge in [-0.3, -0.25) is 9.59 Å². The average Bonchev–Trinajstić information content (AvgIpc) is 3.21. The second-order valence-corrected chi connectivity index (χ2v) is 7.96. The normalized spacial score (nSPS) is 16.3. The van der Waals surface area contributed by atoms with E-state index in [9.17, 15) is 19.5 Å². The second kappa shape index (κ2) is 8.82. The third-order valence-electron chi connectivity index (χ3n) is 5.96. The molecule has 4 N–H and O–H groups in total. The summed E-state index contributed by atoms with van der Waals surface area (Å²) in [5.41, 5.74) is 9.14. The largest absolute Gasteiger partial charge is 0.458 e. The van der Waals surface area contributed by atoms with E-state index in [2.05, 4.69) is 5.32 Å². The van der Waals surface area contributed by atoms with Crippen LogP contribution in [0.2, 0.25) is 0 Å². The molecule has 174 valence electrons. The fourth-order valence-corrected chi connectivity index (χ4v) is 4.29. The number of carbonyl (C=O) groups excluding carboxylic acids is 2. The number of pyridine rings is 2. The lowest BCUT2D eigenvalue weighted by molar-refractivity contribution is -0.157. The molecule has 3 aromatic rings. The summed E-state index contributed by atoms with van der Waals surface area (Å²) < 4.78 is 12.0. The Balaban J connectivity index is 1.54. The number of nitrogens with zero attached hydrogens (tertiary/aromatic N) is 2. The van der Waals surface area contributed by atoms with Gasteiger partial charge in [-0.1, -0.05) is 30.4 Å². The third kappa shape index (κ3) is 3.67. The number of ether oxygens (including phenoxy) is 2. The predicted molar refractivity (Wildman–Crippen MR) is 122 cm³/mol. The van der Waals surface area contributed by atoms with Gasteiger partial charge in [0.2, 0.25) is 5.91 Å². The van der Waals surface area contributed by atoms with Crippen molar-refractivity contribution < 1.29 is 24.2 Å². The molecule has 1 aromatic carbocycles. The summed E-state index contributed by atoms with van der Waals surface area (Å²) >= 11 is 0. The van der Waals surface area contributed by atoms with Crippen LogP contribution in [0.5, 0.6) is 0 Å². The van der Waals surface area contributed by atoms with E-state index < -0.39 is 12.1 Å². The number of hydrogen-bond donors (Lipinski definition) is 3. The Morgan fingerprint density at radius 3 is 2.97 bits per heavy atom. The minimum Gasteiger partial charge on any atom is -0.458 e. The van der Waals surface area contributed by atoms with Crippen LogP contribution in [0.1, 0.15) is 28.4 Å². The van der Waals surface area contributed by atoms with Crippen molar-refractivity contribution >= 4 is 28.9 Å². The van der Waals surface area contributed by atoms with Crippen LogP contribution in [-0.2, 0) is 32.2 Å². The number of benzene rings is 1. The molecule has 0 saturated heterocycles. The molecule has 34 heavy (non-hydrogen) atoms. The number of esters is 1. The fraction of sp³-hybridized carbons (Fsp3) is 0.250. The number of aromatic nitrogens is 2. The number of cyclic esters (lactones) is 1. The zero-order chi connectivity index (χ0) is 23.8. The summed E-state index contributed by atoms with van der Waals surface area (Å²) in [7, 11) is 0. The van der Waals surface area contributed by atoms with Gasteiger partial charge in [-0.05, 0) is 17.7 Å². The summed E-state index contributed by atoms with van der Waals surface area (Å²) in [5, 5.41) is 13.7. The van der Waals surface area contributed by atoms with E-state index in [1.54, 1.807) is 10.6 Å². The molecule has 10 nitrogen and oxygen atoms in total. The van der Waals surface area contributed by atoms with Crippen molar-refractivity contribution in [2.45, 2.75) is 19.3 Å². The van der Waals surface area contributed by atoms with Gasteiger partial charge in [0.25, 0.3) is 5.56 Å². The Hall–Kier alpha value is -3.86. The van der Waals surface area contributed by atoms with Crippen LogP contribution in [0.15, 0.2) is 41.2 Å². The maximum absolute atomic E-state index is 13.2. The van der Waals surface area contributed by atoms with E-state index in [-0.39, 0.29) is 49.1 Å². The summed E-state index contributed by atoms with van der Waals surface area (Å²) in [6.07, 6.45) is 2.23. The maximum atomic E-state index is 13.2. The minimum absolute atomic E-state index is 0.0467. The molecule has 0 bridgehead atoms. The first-order valence-electron chi connectivity index (χ1n) is 10.7. The number of rotatable bonds is 6. The molecular weight excluding hydrogens is 440 g/mol. The van der Waals surface area contributed by atoms with Gasteiger partial charge >= 0.3 is 5.97 Å². The first-order chi connectivity index (χ1) is 16.5. The Kier molecular flexibility index (Phi) is 5.70. The summed E-state index contributed by atoms with van der Waals surface area (Å²) in [5.74, 6) is -1.07. The molecule has 0 aliphatic carbocycles. The molecule has 1 amide bonds. The van der Waals surface area contributed by atoms with E-state index in [1.165, 1.54) is 0 Å². The van der Waals surface area contributed by atoms with Crippen molar-refractivity contribution in [1.29, 1.82) is 0 Å². The van der Waals surface area contributed by atoms with Crippen molar-refractivity contribution in [3.8, 4) is 11.4 Å². The Labute approximate surface area is 193 Å². The van der Waals surface area contributed by atoms with E-state index in [0.29, 0.717) is 17.9 Å². The number of para-hydroxylation sites is 1. The molecule has 0 saturated carbocycles. The van der Waals surface area contributed by atoms with Crippen molar-refractivity contribution in [2.24, 2.45) is 5.73 Å². The molecule has 2 aromatic heterocycles. The first-order valence-corrected chi connectivity index (χ1v) is 10.7. The monoisotopic (exact) mass is 462 g/mol.